The summed E-state index contributed by atoms with van der Waals surface area (Å²) >= 11 is 1.55. The van der Waals surface area contributed by atoms with E-state index in [4.69, 9.17) is 0 Å². The van der Waals surface area contributed by atoms with Crippen LogP contribution in [0.5, 0.6) is 0 Å². The molecule has 0 saturated carbocycles. The van der Waals surface area contributed by atoms with E-state index < -0.39 is 0 Å². The van der Waals surface area contributed by atoms with Crippen LogP contribution in [0.3, 0.4) is 0 Å². The second-order valence-electron chi connectivity index (χ2n) is 5.16. The number of hydrogen-bond donors (Lipinski definition) is 1. The Labute approximate surface area is 139 Å². The first kappa shape index (κ1) is 15.5. The minimum Gasteiger partial charge on any atom is -0.305 e. The van der Waals surface area contributed by atoms with E-state index in [1.54, 1.807) is 42.1 Å². The van der Waals surface area contributed by atoms with Crippen LogP contribution in [0.15, 0.2) is 59.6 Å². The van der Waals surface area contributed by atoms with E-state index in [0.29, 0.717) is 16.3 Å². The molecule has 23 heavy (non-hydrogen) atoms. The predicted octanol–water partition coefficient (Wildman–Crippen LogP) is 2.68. The molecule has 0 unspecified atom stereocenters. The lowest BCUT2D eigenvalue weighted by Crippen LogP contribution is -2.28. The Kier molecular flexibility index (Phi) is 4.88. The molecule has 1 amide bonds. The number of nitrogens with zero attached hydrogens (tertiary/aromatic N) is 1. The van der Waals surface area contributed by atoms with Gasteiger partial charge in [-0.2, -0.15) is 0 Å². The summed E-state index contributed by atoms with van der Waals surface area (Å²) in [5.41, 5.74) is 2.05. The lowest BCUT2D eigenvalue weighted by Gasteiger charge is -2.06. The van der Waals surface area contributed by atoms with E-state index in [0.717, 1.165) is 17.9 Å². The molecule has 5 heteroatoms. The van der Waals surface area contributed by atoms with Crippen molar-refractivity contribution in [3.8, 4) is 0 Å². The first-order valence-electron chi connectivity index (χ1n) is 7.38. The van der Waals surface area contributed by atoms with E-state index in [1.165, 1.54) is 0 Å². The largest absolute Gasteiger partial charge is 0.305 e. The number of carbonyl (C=O) groups excluding carboxylic acids is 2. The fourth-order valence-electron chi connectivity index (χ4n) is 2.34. The third-order valence-corrected chi connectivity index (χ3v) is 4.31. The second kappa shape index (κ2) is 7.24. The van der Waals surface area contributed by atoms with Crippen molar-refractivity contribution in [2.24, 2.45) is 4.99 Å². The lowest BCUT2D eigenvalue weighted by molar-refractivity contribution is -0.119. The van der Waals surface area contributed by atoms with E-state index >= 15 is 0 Å². The molecule has 4 nitrogen and oxygen atoms in total. The predicted molar refractivity (Wildman–Crippen MR) is 92.9 cm³/mol. The Morgan fingerprint density at radius 2 is 1.83 bits per heavy atom. The minimum absolute atomic E-state index is 0.0384. The molecule has 116 valence electrons. The van der Waals surface area contributed by atoms with Gasteiger partial charge in [0.15, 0.2) is 11.0 Å². The highest BCUT2D eigenvalue weighted by atomic mass is 32.2. The first-order valence-corrected chi connectivity index (χ1v) is 8.37. The molecule has 0 saturated heterocycles. The topological polar surface area (TPSA) is 58.5 Å². The number of aliphatic imine (C=N–C) groups is 1. The third kappa shape index (κ3) is 4.07. The van der Waals surface area contributed by atoms with Crippen LogP contribution in [-0.2, 0) is 11.2 Å². The molecule has 0 aliphatic carbocycles. The smallest absolute Gasteiger partial charge is 0.230 e. The molecule has 2 aromatic carbocycles. The second-order valence-corrected chi connectivity index (χ2v) is 6.24. The summed E-state index contributed by atoms with van der Waals surface area (Å²) in [4.78, 5) is 28.7. The van der Waals surface area contributed by atoms with Crippen molar-refractivity contribution in [3.05, 3.63) is 71.3 Å². The van der Waals surface area contributed by atoms with Gasteiger partial charge in [0.05, 0.1) is 13.0 Å². The van der Waals surface area contributed by atoms with Gasteiger partial charge in [0.25, 0.3) is 0 Å². The Morgan fingerprint density at radius 1 is 1.04 bits per heavy atom. The molecule has 1 aliphatic heterocycles. The summed E-state index contributed by atoms with van der Waals surface area (Å²) < 4.78 is 0. The van der Waals surface area contributed by atoms with Gasteiger partial charge < -0.3 is 5.32 Å². The third-order valence-electron chi connectivity index (χ3n) is 3.42. The van der Waals surface area contributed by atoms with E-state index in [-0.39, 0.29) is 18.1 Å². The minimum atomic E-state index is -0.109. The molecule has 0 atom stereocenters. The van der Waals surface area contributed by atoms with Crippen LogP contribution < -0.4 is 5.32 Å². The normalized spacial score (nSPS) is 13.5. The van der Waals surface area contributed by atoms with Crippen molar-refractivity contribution < 1.29 is 9.59 Å². The van der Waals surface area contributed by atoms with Crippen LogP contribution in [0.4, 0.5) is 0 Å². The van der Waals surface area contributed by atoms with Crippen LogP contribution in [0.1, 0.15) is 21.5 Å². The zero-order valence-corrected chi connectivity index (χ0v) is 13.3. The molecule has 1 heterocycles. The zero-order valence-electron chi connectivity index (χ0n) is 12.5. The van der Waals surface area contributed by atoms with Crippen LogP contribution in [-0.4, -0.2) is 29.2 Å². The van der Waals surface area contributed by atoms with Gasteiger partial charge in [0.1, 0.15) is 0 Å². The molecule has 1 N–H and O–H groups in total. The van der Waals surface area contributed by atoms with Gasteiger partial charge in [-0.3, -0.25) is 14.6 Å². The molecule has 0 spiro atoms. The van der Waals surface area contributed by atoms with E-state index in [2.05, 4.69) is 10.3 Å². The molecular weight excluding hydrogens is 308 g/mol. The molecular formula is C18H16N2O2S. The maximum Gasteiger partial charge on any atom is 0.230 e. The monoisotopic (exact) mass is 324 g/mol. The quantitative estimate of drug-likeness (QED) is 0.880. The highest BCUT2D eigenvalue weighted by molar-refractivity contribution is 8.14. The van der Waals surface area contributed by atoms with Crippen LogP contribution >= 0.6 is 11.8 Å². The number of amidine groups is 1. The molecule has 0 radical (unpaired) electrons. The van der Waals surface area contributed by atoms with Gasteiger partial charge in [0.2, 0.25) is 5.91 Å². The maximum absolute atomic E-state index is 12.4. The number of rotatable bonds is 4. The SMILES string of the molecule is O=C(Cc1cccc(C(=O)c2ccccc2)c1)NC1=NCCS1. The first-order chi connectivity index (χ1) is 11.2. The Balaban J connectivity index is 1.70. The van der Waals surface area contributed by atoms with Crippen molar-refractivity contribution in [1.82, 2.24) is 5.32 Å². The molecule has 0 bridgehead atoms. The summed E-state index contributed by atoms with van der Waals surface area (Å²) in [6, 6.07) is 16.3. The van der Waals surface area contributed by atoms with Gasteiger partial charge in [0, 0.05) is 16.9 Å². The van der Waals surface area contributed by atoms with Crippen LogP contribution in [0, 0.1) is 0 Å². The summed E-state index contributed by atoms with van der Waals surface area (Å²) in [7, 11) is 0. The number of benzene rings is 2. The van der Waals surface area contributed by atoms with Crippen molar-refractivity contribution in [2.75, 3.05) is 12.3 Å². The van der Waals surface area contributed by atoms with Crippen molar-refractivity contribution in [3.63, 3.8) is 0 Å². The molecule has 1 aliphatic rings. The lowest BCUT2D eigenvalue weighted by atomic mass is 10.0. The summed E-state index contributed by atoms with van der Waals surface area (Å²) in [5, 5.41) is 3.48. The van der Waals surface area contributed by atoms with E-state index in [1.807, 2.05) is 24.3 Å². The highest BCUT2D eigenvalue weighted by Gasteiger charge is 2.13. The summed E-state index contributed by atoms with van der Waals surface area (Å²) in [6.45, 7) is 0.751. The van der Waals surface area contributed by atoms with Gasteiger partial charge in [-0.1, -0.05) is 60.3 Å². The molecule has 3 rings (SSSR count). The summed E-state index contributed by atoms with van der Waals surface area (Å²) in [5.74, 6) is 0.766. The average molecular weight is 324 g/mol. The molecule has 0 aromatic heterocycles. The van der Waals surface area contributed by atoms with Gasteiger partial charge >= 0.3 is 0 Å². The van der Waals surface area contributed by atoms with Crippen molar-refractivity contribution in [2.45, 2.75) is 6.42 Å². The van der Waals surface area contributed by atoms with Gasteiger partial charge in [-0.15, -0.1) is 0 Å². The molecule has 2 aromatic rings. The number of hydrogen-bond acceptors (Lipinski definition) is 4. The number of amides is 1. The van der Waals surface area contributed by atoms with Crippen molar-refractivity contribution in [1.29, 1.82) is 0 Å². The summed E-state index contributed by atoms with van der Waals surface area (Å²) in [6.07, 6.45) is 0.232. The average Bonchev–Trinajstić information content (AvgIpc) is 3.08. The fourth-order valence-corrected chi connectivity index (χ4v) is 3.08. The van der Waals surface area contributed by atoms with Crippen molar-refractivity contribution >= 4 is 28.6 Å². The Hall–Kier alpha value is -2.40. The maximum atomic E-state index is 12.4. The fraction of sp³-hybridized carbons (Fsp3) is 0.167. The molecule has 0 fully saturated rings. The number of thioether (sulfide) groups is 1. The highest BCUT2D eigenvalue weighted by Crippen LogP contribution is 2.13. The van der Waals surface area contributed by atoms with Gasteiger partial charge in [-0.05, 0) is 11.6 Å². The Morgan fingerprint density at radius 3 is 2.57 bits per heavy atom. The van der Waals surface area contributed by atoms with Crippen LogP contribution in [0.2, 0.25) is 0 Å². The van der Waals surface area contributed by atoms with Crippen LogP contribution in [0.25, 0.3) is 0 Å². The zero-order chi connectivity index (χ0) is 16.1. The van der Waals surface area contributed by atoms with E-state index in [9.17, 15) is 9.59 Å². The number of nitrogens with one attached hydrogen (secondary N) is 1. The standard InChI is InChI=1S/C18H16N2O2S/c21-16(20-18-19-9-10-23-18)12-13-5-4-8-15(11-13)17(22)14-6-2-1-3-7-14/h1-8,11H,9-10,12H2,(H,19,20,21). The Bertz CT molecular complexity index is 757. The van der Waals surface area contributed by atoms with Gasteiger partial charge in [-0.25, -0.2) is 0 Å². The number of carbonyl (C=O) groups is 2. The number of ketones is 1.